The van der Waals surface area contributed by atoms with Gasteiger partial charge in [-0.3, -0.25) is 4.79 Å². The molecule has 0 spiro atoms. The molecule has 0 aromatic carbocycles. The minimum atomic E-state index is -1.79. The summed E-state index contributed by atoms with van der Waals surface area (Å²) in [6.45, 7) is 3.06. The van der Waals surface area contributed by atoms with Crippen molar-refractivity contribution in [1.82, 2.24) is 0 Å². The van der Waals surface area contributed by atoms with E-state index in [9.17, 15) is 14.4 Å². The topological polar surface area (TPSA) is 141 Å². The van der Waals surface area contributed by atoms with Gasteiger partial charge in [-0.25, -0.2) is 9.59 Å². The average molecular weight is 250 g/mol. The average Bonchev–Trinajstić information content (AvgIpc) is 2.25. The van der Waals surface area contributed by atoms with Gasteiger partial charge in [0.05, 0.1) is 13.0 Å². The molecule has 0 bridgehead atoms. The van der Waals surface area contributed by atoms with Crippen LogP contribution in [-0.4, -0.2) is 57.7 Å². The maximum Gasteiger partial charge on any atom is 0.333 e. The van der Waals surface area contributed by atoms with Crippen LogP contribution in [-0.2, 0) is 19.1 Å². The Bertz CT molecular complexity index is 272. The van der Waals surface area contributed by atoms with E-state index in [-0.39, 0.29) is 13.2 Å². The van der Waals surface area contributed by atoms with Crippen molar-refractivity contribution in [3.05, 3.63) is 12.7 Å². The number of ether oxygens (including phenoxy) is 1. The van der Waals surface area contributed by atoms with Crippen molar-refractivity contribution in [2.24, 2.45) is 0 Å². The summed E-state index contributed by atoms with van der Waals surface area (Å²) in [5.74, 6) is -3.35. The van der Waals surface area contributed by atoms with E-state index in [0.29, 0.717) is 0 Å². The van der Waals surface area contributed by atoms with E-state index in [1.807, 2.05) is 0 Å². The maximum absolute atomic E-state index is 10.1. The minimum Gasteiger partial charge on any atom is -0.481 e. The molecule has 0 fully saturated rings. The molecule has 0 aromatic rings. The SMILES string of the molecule is C=CC(=O)OCCO.O=C(O)CC(O)C(=O)O. The number of carbonyl (C=O) groups is 3. The normalized spacial score (nSPS) is 10.5. The van der Waals surface area contributed by atoms with Crippen LogP contribution >= 0.6 is 0 Å². The third kappa shape index (κ3) is 14.1. The fourth-order valence-electron chi connectivity index (χ4n) is 0.458. The van der Waals surface area contributed by atoms with Gasteiger partial charge in [-0.2, -0.15) is 0 Å². The van der Waals surface area contributed by atoms with Gasteiger partial charge in [-0.1, -0.05) is 6.58 Å². The van der Waals surface area contributed by atoms with Gasteiger partial charge in [0.25, 0.3) is 0 Å². The molecule has 1 atom stereocenters. The van der Waals surface area contributed by atoms with E-state index in [0.717, 1.165) is 6.08 Å². The summed E-state index contributed by atoms with van der Waals surface area (Å²) in [6.07, 6.45) is -1.49. The number of hydrogen-bond acceptors (Lipinski definition) is 6. The number of aliphatic carboxylic acids is 2. The number of carboxylic acid groups (broad SMARTS) is 2. The van der Waals surface area contributed by atoms with Crippen LogP contribution in [0.25, 0.3) is 0 Å². The highest BCUT2D eigenvalue weighted by molar-refractivity contribution is 5.81. The molecule has 8 heteroatoms. The fourth-order valence-corrected chi connectivity index (χ4v) is 0.458. The predicted molar refractivity (Wildman–Crippen MR) is 54.1 cm³/mol. The maximum atomic E-state index is 10.1. The van der Waals surface area contributed by atoms with Crippen molar-refractivity contribution in [1.29, 1.82) is 0 Å². The number of carboxylic acids is 2. The molecule has 0 amide bonds. The van der Waals surface area contributed by atoms with Gasteiger partial charge in [-0.05, 0) is 0 Å². The van der Waals surface area contributed by atoms with Gasteiger partial charge in [0.15, 0.2) is 6.10 Å². The molecular weight excluding hydrogens is 236 g/mol. The van der Waals surface area contributed by atoms with Crippen molar-refractivity contribution < 1.29 is 39.5 Å². The van der Waals surface area contributed by atoms with Gasteiger partial charge in [0, 0.05) is 6.08 Å². The van der Waals surface area contributed by atoms with Crippen LogP contribution in [0.3, 0.4) is 0 Å². The molecular formula is C9H14O8. The second kappa shape index (κ2) is 10.6. The molecule has 0 heterocycles. The molecule has 0 aliphatic carbocycles. The number of rotatable bonds is 6. The molecule has 0 aliphatic rings. The standard InChI is InChI=1S/C5H8O3.C4H6O5/c1-2-5(7)8-4-3-6;5-2(4(8)9)1-3(6)7/h2,6H,1,3-4H2;2,5H,1H2,(H,6,7)(H,8,9). The lowest BCUT2D eigenvalue weighted by atomic mass is 10.3. The summed E-state index contributed by atoms with van der Waals surface area (Å²) in [6, 6.07) is 0. The van der Waals surface area contributed by atoms with E-state index in [2.05, 4.69) is 11.3 Å². The van der Waals surface area contributed by atoms with Crippen LogP contribution in [0.2, 0.25) is 0 Å². The van der Waals surface area contributed by atoms with E-state index >= 15 is 0 Å². The van der Waals surface area contributed by atoms with E-state index in [4.69, 9.17) is 20.4 Å². The summed E-state index contributed by atoms with van der Waals surface area (Å²) in [5, 5.41) is 32.2. The first-order chi connectivity index (χ1) is 7.84. The highest BCUT2D eigenvalue weighted by atomic mass is 16.5. The smallest absolute Gasteiger partial charge is 0.333 e. The highest BCUT2D eigenvalue weighted by Crippen LogP contribution is 1.89. The molecule has 17 heavy (non-hydrogen) atoms. The minimum absolute atomic E-state index is 0.0465. The number of aliphatic hydroxyl groups is 2. The summed E-state index contributed by atoms with van der Waals surface area (Å²) in [5.41, 5.74) is 0. The Hall–Kier alpha value is -1.93. The first kappa shape index (κ1) is 17.5. The van der Waals surface area contributed by atoms with Gasteiger partial charge < -0.3 is 25.2 Å². The third-order valence-electron chi connectivity index (χ3n) is 1.16. The van der Waals surface area contributed by atoms with Gasteiger partial charge in [0.2, 0.25) is 0 Å². The largest absolute Gasteiger partial charge is 0.481 e. The molecule has 8 nitrogen and oxygen atoms in total. The number of hydrogen-bond donors (Lipinski definition) is 4. The Balaban J connectivity index is 0. The number of carbonyl (C=O) groups excluding carboxylic acids is 1. The van der Waals surface area contributed by atoms with Crippen LogP contribution < -0.4 is 0 Å². The van der Waals surface area contributed by atoms with Crippen molar-refractivity contribution >= 4 is 17.9 Å². The number of aliphatic hydroxyl groups excluding tert-OH is 2. The van der Waals surface area contributed by atoms with Crippen LogP contribution in [0, 0.1) is 0 Å². The van der Waals surface area contributed by atoms with Crippen LogP contribution in [0.5, 0.6) is 0 Å². The summed E-state index contributed by atoms with van der Waals surface area (Å²) in [7, 11) is 0. The van der Waals surface area contributed by atoms with Gasteiger partial charge in [-0.15, -0.1) is 0 Å². The molecule has 0 rings (SSSR count). The molecule has 0 aliphatic heterocycles. The predicted octanol–water partition coefficient (Wildman–Crippen LogP) is -1.39. The summed E-state index contributed by atoms with van der Waals surface area (Å²) in [4.78, 5) is 29.5. The molecule has 0 radical (unpaired) electrons. The highest BCUT2D eigenvalue weighted by Gasteiger charge is 2.16. The lowest BCUT2D eigenvalue weighted by Crippen LogP contribution is -2.22. The Kier molecular flexibility index (Phi) is 10.9. The molecule has 0 saturated carbocycles. The zero-order chi connectivity index (χ0) is 13.8. The molecule has 0 saturated heterocycles. The van der Waals surface area contributed by atoms with E-state index < -0.39 is 30.4 Å². The second-order valence-electron chi connectivity index (χ2n) is 2.55. The Morgan fingerprint density at radius 3 is 2.06 bits per heavy atom. The number of esters is 1. The van der Waals surface area contributed by atoms with Crippen molar-refractivity contribution in [3.8, 4) is 0 Å². The Morgan fingerprint density at radius 1 is 1.29 bits per heavy atom. The van der Waals surface area contributed by atoms with Crippen molar-refractivity contribution in [2.45, 2.75) is 12.5 Å². The summed E-state index contributed by atoms with van der Waals surface area (Å²) < 4.78 is 4.33. The zero-order valence-electron chi connectivity index (χ0n) is 8.90. The lowest BCUT2D eigenvalue weighted by Gasteiger charge is -1.97. The van der Waals surface area contributed by atoms with Gasteiger partial charge >= 0.3 is 17.9 Å². The quantitative estimate of drug-likeness (QED) is 0.333. The van der Waals surface area contributed by atoms with Crippen molar-refractivity contribution in [3.63, 3.8) is 0 Å². The lowest BCUT2D eigenvalue weighted by molar-refractivity contribution is -0.152. The first-order valence-electron chi connectivity index (χ1n) is 4.37. The Labute approximate surface area is 96.8 Å². The van der Waals surface area contributed by atoms with E-state index in [1.54, 1.807) is 0 Å². The zero-order valence-corrected chi connectivity index (χ0v) is 8.90. The fraction of sp³-hybridized carbons (Fsp3) is 0.444. The first-order valence-corrected chi connectivity index (χ1v) is 4.37. The molecule has 1 unspecified atom stereocenters. The van der Waals surface area contributed by atoms with Crippen LogP contribution in [0.15, 0.2) is 12.7 Å². The van der Waals surface area contributed by atoms with Crippen molar-refractivity contribution in [2.75, 3.05) is 13.2 Å². The molecule has 0 aromatic heterocycles. The van der Waals surface area contributed by atoms with Crippen LogP contribution in [0.4, 0.5) is 0 Å². The monoisotopic (exact) mass is 250 g/mol. The second-order valence-corrected chi connectivity index (χ2v) is 2.55. The van der Waals surface area contributed by atoms with E-state index in [1.165, 1.54) is 0 Å². The third-order valence-corrected chi connectivity index (χ3v) is 1.16. The Morgan fingerprint density at radius 2 is 1.82 bits per heavy atom. The van der Waals surface area contributed by atoms with Crippen LogP contribution in [0.1, 0.15) is 6.42 Å². The molecule has 4 N–H and O–H groups in total. The van der Waals surface area contributed by atoms with Gasteiger partial charge in [0.1, 0.15) is 6.61 Å². The summed E-state index contributed by atoms with van der Waals surface area (Å²) >= 11 is 0. The molecule has 98 valence electrons.